The van der Waals surface area contributed by atoms with Crippen LogP contribution in [0, 0.1) is 11.8 Å². The van der Waals surface area contributed by atoms with Crippen LogP contribution in [0.3, 0.4) is 0 Å². The number of hydrogen-bond donors (Lipinski definition) is 3. The molecule has 0 unspecified atom stereocenters. The number of aromatic carboxylic acids is 1. The number of rotatable bonds is 3. The van der Waals surface area contributed by atoms with Gasteiger partial charge in [0.15, 0.2) is 0 Å². The molecule has 0 aliphatic heterocycles. The maximum atomic E-state index is 11.2. The molecule has 92 valence electrons. The van der Waals surface area contributed by atoms with Crippen molar-refractivity contribution in [2.24, 2.45) is 0 Å². The third-order valence-electron chi connectivity index (χ3n) is 2.63. The number of carboxylic acids is 1. The molecule has 0 amide bonds. The Morgan fingerprint density at radius 2 is 2.22 bits per heavy atom. The van der Waals surface area contributed by atoms with Crippen LogP contribution >= 0.6 is 0 Å². The highest BCUT2D eigenvalue weighted by Gasteiger charge is 2.14. The summed E-state index contributed by atoms with van der Waals surface area (Å²) in [4.78, 5) is 14.1. The van der Waals surface area contributed by atoms with Gasteiger partial charge in [-0.3, -0.25) is 0 Å². The number of H-pyrrole nitrogens is 1. The fourth-order valence-electron chi connectivity index (χ4n) is 1.77. The Balaban J connectivity index is 2.47. The summed E-state index contributed by atoms with van der Waals surface area (Å²) < 4.78 is 0. The molecule has 1 aromatic carbocycles. The van der Waals surface area contributed by atoms with Crippen molar-refractivity contribution in [2.45, 2.75) is 6.42 Å². The third kappa shape index (κ3) is 2.36. The van der Waals surface area contributed by atoms with E-state index in [2.05, 4.69) is 22.1 Å². The van der Waals surface area contributed by atoms with Crippen LogP contribution in [0.5, 0.6) is 0 Å². The third-order valence-corrected chi connectivity index (χ3v) is 2.63. The summed E-state index contributed by atoms with van der Waals surface area (Å²) in [6, 6.07) is 7.46. The van der Waals surface area contributed by atoms with Gasteiger partial charge >= 0.3 is 5.97 Å². The molecule has 1 heterocycles. The molecule has 3 N–H and O–H groups in total. The minimum Gasteiger partial charge on any atom is -0.477 e. The Labute approximate surface area is 105 Å². The van der Waals surface area contributed by atoms with Crippen molar-refractivity contribution in [2.75, 3.05) is 13.6 Å². The minimum atomic E-state index is -0.982. The van der Waals surface area contributed by atoms with E-state index in [-0.39, 0.29) is 5.69 Å². The zero-order chi connectivity index (χ0) is 13.0. The monoisotopic (exact) mass is 242 g/mol. The number of fused-ring (bicyclic) bond motifs is 1. The van der Waals surface area contributed by atoms with Crippen molar-refractivity contribution >= 4 is 16.9 Å². The first kappa shape index (κ1) is 12.2. The van der Waals surface area contributed by atoms with Crippen molar-refractivity contribution in [1.82, 2.24) is 10.3 Å². The highest BCUT2D eigenvalue weighted by atomic mass is 16.4. The second-order valence-electron chi connectivity index (χ2n) is 3.88. The normalized spacial score (nSPS) is 10.1. The molecule has 18 heavy (non-hydrogen) atoms. The van der Waals surface area contributed by atoms with E-state index in [9.17, 15) is 4.79 Å². The highest BCUT2D eigenvalue weighted by Crippen LogP contribution is 2.21. The van der Waals surface area contributed by atoms with Crippen molar-refractivity contribution < 1.29 is 9.90 Å². The highest BCUT2D eigenvalue weighted by molar-refractivity contribution is 5.99. The number of benzene rings is 1. The number of carboxylic acid groups (broad SMARTS) is 1. The molecule has 0 spiro atoms. The fourth-order valence-corrected chi connectivity index (χ4v) is 1.77. The topological polar surface area (TPSA) is 65.1 Å². The first-order valence-corrected chi connectivity index (χ1v) is 5.71. The number of nitrogens with one attached hydrogen (secondary N) is 2. The molecule has 0 saturated carbocycles. The molecule has 0 fully saturated rings. The first-order chi connectivity index (χ1) is 8.74. The van der Waals surface area contributed by atoms with Gasteiger partial charge in [0.25, 0.3) is 0 Å². The van der Waals surface area contributed by atoms with Crippen molar-refractivity contribution in [3.05, 3.63) is 35.5 Å². The predicted molar refractivity (Wildman–Crippen MR) is 70.7 cm³/mol. The van der Waals surface area contributed by atoms with Crippen LogP contribution < -0.4 is 5.32 Å². The molecule has 0 aliphatic carbocycles. The van der Waals surface area contributed by atoms with E-state index in [1.54, 1.807) is 0 Å². The lowest BCUT2D eigenvalue weighted by atomic mass is 10.1. The largest absolute Gasteiger partial charge is 0.477 e. The van der Waals surface area contributed by atoms with Gasteiger partial charge in [-0.1, -0.05) is 30.0 Å². The predicted octanol–water partition coefficient (Wildman–Crippen LogP) is 1.83. The lowest BCUT2D eigenvalue weighted by Gasteiger charge is -1.92. The summed E-state index contributed by atoms with van der Waals surface area (Å²) in [5.74, 6) is 4.95. The Morgan fingerprint density at radius 1 is 1.44 bits per heavy atom. The van der Waals surface area contributed by atoms with Gasteiger partial charge in [-0.05, 0) is 13.1 Å². The van der Waals surface area contributed by atoms with Crippen LogP contribution in [0.25, 0.3) is 10.9 Å². The van der Waals surface area contributed by atoms with Gasteiger partial charge in [0.2, 0.25) is 0 Å². The van der Waals surface area contributed by atoms with Crippen LogP contribution in [0.15, 0.2) is 24.3 Å². The fraction of sp³-hybridized carbons (Fsp3) is 0.214. The number of hydrogen-bond acceptors (Lipinski definition) is 2. The maximum absolute atomic E-state index is 11.2. The lowest BCUT2D eigenvalue weighted by Crippen LogP contribution is -2.06. The average molecular weight is 242 g/mol. The Kier molecular flexibility index (Phi) is 3.66. The van der Waals surface area contributed by atoms with Crippen LogP contribution in [-0.2, 0) is 0 Å². The van der Waals surface area contributed by atoms with E-state index in [0.29, 0.717) is 12.0 Å². The summed E-state index contributed by atoms with van der Waals surface area (Å²) in [6.45, 7) is 0.789. The van der Waals surface area contributed by atoms with Crippen molar-refractivity contribution in [3.8, 4) is 11.8 Å². The molecular formula is C14H14N2O2. The molecule has 0 radical (unpaired) electrons. The summed E-state index contributed by atoms with van der Waals surface area (Å²) in [5, 5.41) is 13.0. The van der Waals surface area contributed by atoms with Crippen LogP contribution in [0.4, 0.5) is 0 Å². The van der Waals surface area contributed by atoms with Crippen molar-refractivity contribution in [3.63, 3.8) is 0 Å². The molecule has 0 saturated heterocycles. The summed E-state index contributed by atoms with van der Waals surface area (Å²) in [6.07, 6.45) is 0.690. The Hall–Kier alpha value is -2.25. The summed E-state index contributed by atoms with van der Waals surface area (Å²) >= 11 is 0. The average Bonchev–Trinajstić information content (AvgIpc) is 2.74. The van der Waals surface area contributed by atoms with E-state index in [0.717, 1.165) is 17.4 Å². The zero-order valence-electron chi connectivity index (χ0n) is 10.1. The van der Waals surface area contributed by atoms with Gasteiger partial charge in [0, 0.05) is 23.9 Å². The molecule has 0 bridgehead atoms. The van der Waals surface area contributed by atoms with Gasteiger partial charge in [-0.2, -0.15) is 0 Å². The lowest BCUT2D eigenvalue weighted by molar-refractivity contribution is 0.0691. The summed E-state index contributed by atoms with van der Waals surface area (Å²) in [5.41, 5.74) is 1.52. The zero-order valence-corrected chi connectivity index (χ0v) is 10.1. The molecule has 4 nitrogen and oxygen atoms in total. The van der Waals surface area contributed by atoms with Gasteiger partial charge in [-0.15, -0.1) is 0 Å². The Morgan fingerprint density at radius 3 is 2.94 bits per heavy atom. The van der Waals surface area contributed by atoms with E-state index < -0.39 is 5.97 Å². The first-order valence-electron chi connectivity index (χ1n) is 5.71. The summed E-state index contributed by atoms with van der Waals surface area (Å²) in [7, 11) is 1.86. The molecular weight excluding hydrogens is 228 g/mol. The van der Waals surface area contributed by atoms with E-state index >= 15 is 0 Å². The number of aromatic amines is 1. The molecule has 0 aliphatic rings. The number of para-hydroxylation sites is 1. The number of carbonyl (C=O) groups is 1. The standard InChI is InChI=1S/C14H14N2O2/c1-15-9-5-4-7-11-10-6-2-3-8-12(10)16-13(11)14(17)18/h2-3,6,8,15-16H,5,9H2,1H3,(H,17,18). The quantitative estimate of drug-likeness (QED) is 0.568. The molecule has 2 rings (SSSR count). The minimum absolute atomic E-state index is 0.160. The van der Waals surface area contributed by atoms with Gasteiger partial charge in [0.1, 0.15) is 5.69 Å². The van der Waals surface area contributed by atoms with Gasteiger partial charge < -0.3 is 15.4 Å². The van der Waals surface area contributed by atoms with E-state index in [1.807, 2.05) is 31.3 Å². The van der Waals surface area contributed by atoms with Crippen LogP contribution in [0.2, 0.25) is 0 Å². The van der Waals surface area contributed by atoms with Gasteiger partial charge in [0.05, 0.1) is 5.56 Å². The molecule has 2 aromatic rings. The van der Waals surface area contributed by atoms with E-state index in [4.69, 9.17) is 5.11 Å². The SMILES string of the molecule is CNCCC#Cc1c(C(=O)O)[nH]c2ccccc12. The van der Waals surface area contributed by atoms with Crippen LogP contribution in [0.1, 0.15) is 22.5 Å². The molecule has 0 atom stereocenters. The van der Waals surface area contributed by atoms with E-state index in [1.165, 1.54) is 0 Å². The van der Waals surface area contributed by atoms with Crippen molar-refractivity contribution in [1.29, 1.82) is 0 Å². The van der Waals surface area contributed by atoms with Crippen LogP contribution in [-0.4, -0.2) is 29.7 Å². The second kappa shape index (κ2) is 5.39. The Bertz CT molecular complexity index is 632. The molecule has 1 aromatic heterocycles. The second-order valence-corrected chi connectivity index (χ2v) is 3.88. The van der Waals surface area contributed by atoms with Gasteiger partial charge in [-0.25, -0.2) is 4.79 Å². The molecule has 4 heteroatoms. The number of aromatic nitrogens is 1. The maximum Gasteiger partial charge on any atom is 0.353 e. The smallest absolute Gasteiger partial charge is 0.353 e.